The molecule has 2 N–H and O–H groups in total. The highest BCUT2D eigenvalue weighted by atomic mass is 19.4. The maximum absolute atomic E-state index is 13.8. The molecule has 6 aromatic rings. The number of alkyl halides is 6. The second kappa shape index (κ2) is 19.8. The second-order valence-electron chi connectivity index (χ2n) is 15.6. The summed E-state index contributed by atoms with van der Waals surface area (Å²) in [6.07, 6.45) is -3.08. The van der Waals surface area contributed by atoms with Gasteiger partial charge >= 0.3 is 12.7 Å². The number of amides is 2. The first-order chi connectivity index (χ1) is 31.4. The highest BCUT2D eigenvalue weighted by molar-refractivity contribution is 6.06. The lowest BCUT2D eigenvalue weighted by Crippen LogP contribution is -2.22. The fourth-order valence-corrected chi connectivity index (χ4v) is 7.35. The number of anilines is 4. The Morgan fingerprint density at radius 1 is 0.621 bits per heavy atom. The molecule has 12 nitrogen and oxygen atoms in total. The average molecular weight is 921 g/mol. The topological polar surface area (TPSA) is 135 Å². The predicted octanol–water partition coefficient (Wildman–Crippen LogP) is 10.6. The van der Waals surface area contributed by atoms with Crippen molar-refractivity contribution in [3.63, 3.8) is 0 Å². The number of benzene rings is 2. The quantitative estimate of drug-likeness (QED) is 0.101. The zero-order valence-corrected chi connectivity index (χ0v) is 35.1. The van der Waals surface area contributed by atoms with Gasteiger partial charge in [-0.25, -0.2) is 9.97 Å². The van der Waals surface area contributed by atoms with Crippen LogP contribution in [0.3, 0.4) is 0 Å². The number of aromatic nitrogens is 4. The van der Waals surface area contributed by atoms with Crippen LogP contribution in [0, 0.1) is 23.7 Å². The molecule has 2 amide bonds. The first-order valence-corrected chi connectivity index (χ1v) is 20.4. The number of carbonyl (C=O) groups is 2. The van der Waals surface area contributed by atoms with E-state index in [1.165, 1.54) is 42.7 Å². The van der Waals surface area contributed by atoms with Gasteiger partial charge in [0.25, 0.3) is 11.8 Å². The fraction of sp³-hybridized carbons (Fsp3) is 0.261. The fourth-order valence-electron chi connectivity index (χ4n) is 7.35. The summed E-state index contributed by atoms with van der Waals surface area (Å²) in [7, 11) is 0. The molecule has 0 bridgehead atoms. The molecule has 2 aliphatic heterocycles. The maximum atomic E-state index is 13.8. The number of nitrogens with one attached hydrogen (secondary N) is 2. The van der Waals surface area contributed by atoms with Crippen molar-refractivity contribution < 1.29 is 54.2 Å². The smallest absolute Gasteiger partial charge is 0.406 e. The van der Waals surface area contributed by atoms with Crippen LogP contribution in [0.25, 0.3) is 22.4 Å². The van der Waals surface area contributed by atoms with E-state index >= 15 is 0 Å². The summed E-state index contributed by atoms with van der Waals surface area (Å²) in [5.41, 5.74) is 2.96. The second-order valence-corrected chi connectivity index (χ2v) is 15.6. The molecule has 2 saturated heterocycles. The number of halogens is 8. The van der Waals surface area contributed by atoms with E-state index in [4.69, 9.17) is 0 Å². The molecule has 2 aliphatic rings. The Morgan fingerprint density at radius 3 is 1.48 bits per heavy atom. The summed E-state index contributed by atoms with van der Waals surface area (Å²) in [6, 6.07) is 20.5. The van der Waals surface area contributed by atoms with Crippen molar-refractivity contribution in [3.05, 3.63) is 133 Å². The van der Waals surface area contributed by atoms with Gasteiger partial charge < -0.3 is 29.9 Å². The normalized spacial score (nSPS) is 16.0. The van der Waals surface area contributed by atoms with Crippen molar-refractivity contribution in [2.45, 2.75) is 39.4 Å². The van der Waals surface area contributed by atoms with Crippen LogP contribution >= 0.6 is 0 Å². The van der Waals surface area contributed by atoms with E-state index in [1.54, 1.807) is 12.3 Å². The van der Waals surface area contributed by atoms with E-state index in [0.717, 1.165) is 73.7 Å². The molecule has 8 rings (SSSR count). The third-order valence-electron chi connectivity index (χ3n) is 10.4. The van der Waals surface area contributed by atoms with Crippen LogP contribution in [0.2, 0.25) is 0 Å². The van der Waals surface area contributed by atoms with Gasteiger partial charge in [0.2, 0.25) is 11.9 Å². The average Bonchev–Trinajstić information content (AvgIpc) is 3.91. The number of carbonyl (C=O) groups excluding carboxylic acids is 2. The van der Waals surface area contributed by atoms with Crippen LogP contribution in [0.15, 0.2) is 110 Å². The SMILES string of the molecule is C[C@@H]1CCN(c2ncc(C(=O)Nc3ccc(OC(F)(F)F)cc3)cc2-c2cc(F)nc(F)c2)C1.C[C@@H]1CCN(c2ncc(C(=O)Nc3ccc(OC(F)(F)F)cc3)cc2-c2ccccn2)C1. The molecule has 0 radical (unpaired) electrons. The highest BCUT2D eigenvalue weighted by Crippen LogP contribution is 2.35. The van der Waals surface area contributed by atoms with Crippen LogP contribution < -0.4 is 29.9 Å². The number of pyridine rings is 4. The summed E-state index contributed by atoms with van der Waals surface area (Å²) in [5, 5.41) is 5.23. The molecule has 66 heavy (non-hydrogen) atoms. The molecule has 0 saturated carbocycles. The molecular formula is C46H40F8N8O4. The van der Waals surface area contributed by atoms with Gasteiger partial charge in [-0.1, -0.05) is 19.9 Å². The Bertz CT molecular complexity index is 2630. The van der Waals surface area contributed by atoms with Crippen molar-refractivity contribution in [2.75, 3.05) is 46.6 Å². The lowest BCUT2D eigenvalue weighted by Gasteiger charge is -2.21. The molecule has 0 aliphatic carbocycles. The Labute approximate surface area is 372 Å². The van der Waals surface area contributed by atoms with Crippen LogP contribution in [0.4, 0.5) is 58.1 Å². The summed E-state index contributed by atoms with van der Waals surface area (Å²) in [6.45, 7) is 7.44. The molecule has 2 aromatic carbocycles. The summed E-state index contributed by atoms with van der Waals surface area (Å²) in [4.78, 5) is 46.3. The van der Waals surface area contributed by atoms with Crippen molar-refractivity contribution >= 4 is 34.8 Å². The van der Waals surface area contributed by atoms with E-state index in [2.05, 4.69) is 58.8 Å². The minimum absolute atomic E-state index is 0.0965. The Hall–Kier alpha value is -7.38. The standard InChI is InChI=1S/C23H19F5N4O2.C23H21F3N4O2/c1-13-6-7-32(12-13)21-18(14-9-19(24)31-20(25)10-14)8-15(11-29-21)22(33)30-16-2-4-17(5-3-16)34-23(26,27)28;1-15-9-11-30(14-15)21-19(20-4-2-3-10-27-20)12-16(13-28-21)22(31)29-17-5-7-18(8-6-17)32-23(24,25)26/h2-5,8-11,13H,6-7,12H2,1H3,(H,30,33);2-8,10,12-13,15H,9,11,14H2,1H3,(H,29,31)/t13-;15-/m11/s1. The number of hydrogen-bond acceptors (Lipinski definition) is 10. The Kier molecular flexibility index (Phi) is 14.0. The minimum atomic E-state index is -4.83. The molecule has 2 atom stereocenters. The Balaban J connectivity index is 0.000000197. The van der Waals surface area contributed by atoms with E-state index in [-0.39, 0.29) is 22.6 Å². The van der Waals surface area contributed by atoms with Crippen molar-refractivity contribution in [3.8, 4) is 33.9 Å². The van der Waals surface area contributed by atoms with Gasteiger partial charge in [0.1, 0.15) is 23.1 Å². The van der Waals surface area contributed by atoms with Crippen LogP contribution in [0.1, 0.15) is 47.4 Å². The highest BCUT2D eigenvalue weighted by Gasteiger charge is 2.32. The Morgan fingerprint density at radius 2 is 1.08 bits per heavy atom. The summed E-state index contributed by atoms with van der Waals surface area (Å²) < 4.78 is 109. The number of rotatable bonds is 10. The zero-order valence-electron chi connectivity index (χ0n) is 35.1. The van der Waals surface area contributed by atoms with Crippen LogP contribution in [-0.2, 0) is 0 Å². The van der Waals surface area contributed by atoms with Gasteiger partial charge in [0, 0.05) is 79.4 Å². The largest absolute Gasteiger partial charge is 0.573 e. The molecule has 20 heteroatoms. The van der Waals surface area contributed by atoms with E-state index in [0.29, 0.717) is 53.3 Å². The maximum Gasteiger partial charge on any atom is 0.573 e. The lowest BCUT2D eigenvalue weighted by atomic mass is 10.0. The van der Waals surface area contributed by atoms with Gasteiger partial charge in [-0.3, -0.25) is 14.6 Å². The van der Waals surface area contributed by atoms with Crippen molar-refractivity contribution in [1.29, 1.82) is 0 Å². The van der Waals surface area contributed by atoms with Gasteiger partial charge in [-0.15, -0.1) is 26.3 Å². The predicted molar refractivity (Wildman–Crippen MR) is 229 cm³/mol. The van der Waals surface area contributed by atoms with Gasteiger partial charge in [-0.05, 0) is 103 Å². The van der Waals surface area contributed by atoms with Crippen LogP contribution in [0.5, 0.6) is 11.5 Å². The van der Waals surface area contributed by atoms with E-state index in [9.17, 15) is 44.7 Å². The van der Waals surface area contributed by atoms with Crippen molar-refractivity contribution in [2.24, 2.45) is 11.8 Å². The molecule has 4 aromatic heterocycles. The van der Waals surface area contributed by atoms with Gasteiger partial charge in [0.15, 0.2) is 0 Å². The van der Waals surface area contributed by atoms with Crippen molar-refractivity contribution in [1.82, 2.24) is 19.9 Å². The number of ether oxygens (including phenoxy) is 2. The summed E-state index contributed by atoms with van der Waals surface area (Å²) >= 11 is 0. The van der Waals surface area contributed by atoms with Gasteiger partial charge in [0.05, 0.1) is 16.8 Å². The first-order valence-electron chi connectivity index (χ1n) is 20.4. The van der Waals surface area contributed by atoms with Gasteiger partial charge in [-0.2, -0.15) is 13.8 Å². The monoisotopic (exact) mass is 920 g/mol. The zero-order chi connectivity index (χ0) is 47.2. The first kappa shape index (κ1) is 46.6. The summed E-state index contributed by atoms with van der Waals surface area (Å²) in [5.74, 6) is -1.61. The molecule has 0 unspecified atom stereocenters. The number of hydrogen-bond donors (Lipinski definition) is 2. The lowest BCUT2D eigenvalue weighted by molar-refractivity contribution is -0.275. The third kappa shape index (κ3) is 12.4. The minimum Gasteiger partial charge on any atom is -0.406 e. The third-order valence-corrected chi connectivity index (χ3v) is 10.4. The molecular weight excluding hydrogens is 881 g/mol. The molecule has 2 fully saturated rings. The molecule has 344 valence electrons. The van der Waals surface area contributed by atoms with E-state index in [1.807, 2.05) is 23.1 Å². The molecule has 6 heterocycles. The van der Waals surface area contributed by atoms with Crippen LogP contribution in [-0.4, -0.2) is 70.7 Å². The molecule has 0 spiro atoms. The number of nitrogens with zero attached hydrogens (tertiary/aromatic N) is 6. The van der Waals surface area contributed by atoms with E-state index < -0.39 is 42.2 Å².